The number of thioether (sulfide) groups is 1. The Morgan fingerprint density at radius 1 is 0.460 bits per heavy atom. The van der Waals surface area contributed by atoms with Crippen molar-refractivity contribution in [2.24, 2.45) is 31.2 Å². The second-order valence-electron chi connectivity index (χ2n) is 42.7. The van der Waals surface area contributed by atoms with Crippen LogP contribution in [0.25, 0.3) is 11.0 Å². The summed E-state index contributed by atoms with van der Waals surface area (Å²) < 4.78 is 11.6. The zero-order valence-corrected chi connectivity index (χ0v) is 87.8. The number of nitrogens with zero attached hydrogens (tertiary/aromatic N) is 11. The van der Waals surface area contributed by atoms with Crippen LogP contribution in [-0.2, 0) is 52.8 Å². The van der Waals surface area contributed by atoms with Crippen LogP contribution in [0.4, 0.5) is 0 Å². The highest BCUT2D eigenvalue weighted by Gasteiger charge is 2.28. The van der Waals surface area contributed by atoms with E-state index in [2.05, 4.69) is 378 Å². The Kier molecular flexibility index (Phi) is 43.1. The number of H-pyrrole nitrogens is 8. The second-order valence-corrected chi connectivity index (χ2v) is 48.6. The minimum atomic E-state index is -2.10. The number of aliphatic imine (C=N–C) groups is 3. The number of rotatable bonds is 1. The number of carbonyl (C=O) groups excluding carboxylic acids is 1. The number of imidazole rings is 8. The van der Waals surface area contributed by atoms with Crippen molar-refractivity contribution >= 4 is 98.7 Å². The largest absolute Gasteiger partial charge is 0.346 e. The van der Waals surface area contributed by atoms with E-state index in [0.29, 0.717) is 22.4 Å². The maximum atomic E-state index is 11.6. The highest BCUT2D eigenvalue weighted by molar-refractivity contribution is 8.26. The number of fused-ring (bicyclic) bond motifs is 1. The average Bonchev–Trinajstić information content (AvgIpc) is 1.66. The van der Waals surface area contributed by atoms with Gasteiger partial charge < -0.3 is 39.9 Å². The lowest BCUT2D eigenvalue weighted by atomic mass is 9.92. The monoisotopic (exact) mass is 1820 g/mol. The summed E-state index contributed by atoms with van der Waals surface area (Å²) in [6, 6.07) is 8.11. The standard InChI is InChI=1S/C11H14N2.C10H14N2.C10H17NOS.C10H17NS.C9H14N2O.C9H12N2.C9H15NS.C8H13ClN2.2C8H14N2.C7H11ClN2.CH4/c1-11(2,3)10-12-8-6-4-5-7-9(8)13-10;1-6-8-7(2)11-9(12-8)10(3,4)5;1-10(2,3)8-6-7-9(11-8)13(4,5)12;1-10(2,3)8-6-7-9(11-8)12(4)5;1-6(12)7-5-10-8(11-7)9(2,3)4;1-5-7-6-10-8(11-7)9(2,3)4;1-9(2,3)7-5-6-8(10-7)11-4;1-5-6(9)11-7(10-5)8(2,3)4;2*1-6-5-9-7(10-6)8(2,3)4;1-7(2,3)6-9-4-5(8)10-6;/h4-7H,1-3H3,(H,12,13);1H,2-5H3,(H,11,12);6H,4,7H2,1-3,5H3;6H,4,7H2,1-3,5H3;5H,1-4H3,(H,10,11);1,6H,2-4H3,(H,10,11);5H,6H2,1-4H3;1-4H3,(H,10,11);2*5H,1-4H3,(H,9,10);4H,1-3H3,(H,9,10);1H4. The molecule has 26 heteroatoms. The molecule has 8 N–H and O–H groups in total. The van der Waals surface area contributed by atoms with Gasteiger partial charge in [0.2, 0.25) is 0 Å². The normalized spacial score (nSPS) is 14.1. The van der Waals surface area contributed by atoms with Crippen LogP contribution in [0.2, 0.25) is 10.3 Å². The van der Waals surface area contributed by atoms with Crippen LogP contribution in [-0.4, -0.2) is 135 Å². The number of halogens is 2. The van der Waals surface area contributed by atoms with E-state index in [9.17, 15) is 9.00 Å². The van der Waals surface area contributed by atoms with Crippen molar-refractivity contribution in [3.8, 4) is 24.7 Å². The number of benzene rings is 1. The topological polar surface area (TPSA) is 301 Å². The summed E-state index contributed by atoms with van der Waals surface area (Å²) in [5.41, 5.74) is 12.9. The molecule has 3 aliphatic rings. The van der Waals surface area contributed by atoms with Gasteiger partial charge in [-0.25, -0.2) is 44.9 Å². The van der Waals surface area contributed by atoms with E-state index in [1.165, 1.54) is 28.4 Å². The fourth-order valence-corrected chi connectivity index (χ4v) is 12.3. The minimum Gasteiger partial charge on any atom is -0.346 e. The third kappa shape index (κ3) is 40.8. The van der Waals surface area contributed by atoms with Crippen molar-refractivity contribution in [1.82, 2.24) is 79.7 Å². The molecule has 9 aromatic rings. The molecule has 698 valence electrons. The quantitative estimate of drug-likeness (QED) is 0.0434. The number of terminal acetylenes is 2. The van der Waals surface area contributed by atoms with Crippen molar-refractivity contribution in [1.29, 1.82) is 0 Å². The number of carbonyl (C=O) groups is 1. The Hall–Kier alpha value is -8.65. The first-order valence-corrected chi connectivity index (χ1v) is 48.2. The number of nitrogens with one attached hydrogen (secondary N) is 8. The molecule has 1 aromatic carbocycles. The highest BCUT2D eigenvalue weighted by atomic mass is 35.5. The fraction of sp³-hybridized carbons (Fsp3) is 0.560. The van der Waals surface area contributed by atoms with Gasteiger partial charge in [-0.1, -0.05) is 301 Å². The van der Waals surface area contributed by atoms with E-state index in [4.69, 9.17) is 36.0 Å². The van der Waals surface area contributed by atoms with Crippen LogP contribution in [0.1, 0.15) is 353 Å². The van der Waals surface area contributed by atoms with E-state index in [1.807, 2.05) is 64.4 Å². The third-order valence-electron chi connectivity index (χ3n) is 18.1. The Bertz CT molecular complexity index is 5210. The summed E-state index contributed by atoms with van der Waals surface area (Å²) in [7, 11) is -2.00. The third-order valence-corrected chi connectivity index (χ3v) is 21.8. The van der Waals surface area contributed by atoms with E-state index in [-0.39, 0.29) is 83.3 Å². The molecular formula is C100H159Cl2N19O2S3. The lowest BCUT2D eigenvalue weighted by Gasteiger charge is -2.16. The van der Waals surface area contributed by atoms with Crippen molar-refractivity contribution in [3.05, 3.63) is 187 Å². The first kappa shape index (κ1) is 115. The molecular weight excluding hydrogens is 1670 g/mol. The molecule has 0 spiro atoms. The number of Topliss-reactive ketones (excluding diaryl/α,β-unsaturated/α-hetero) is 1. The first-order chi connectivity index (χ1) is 56.5. The van der Waals surface area contributed by atoms with Crippen LogP contribution in [0.3, 0.4) is 0 Å². The molecule has 0 radical (unpaired) electrons. The van der Waals surface area contributed by atoms with Gasteiger partial charge in [-0.05, 0) is 64.1 Å². The van der Waals surface area contributed by atoms with Gasteiger partial charge in [0.05, 0.1) is 50.4 Å². The number of hydrogen-bond acceptors (Lipinski definition) is 14. The predicted molar refractivity (Wildman–Crippen MR) is 551 cm³/mol. The van der Waals surface area contributed by atoms with Gasteiger partial charge in [0.1, 0.15) is 74.0 Å². The Balaban J connectivity index is 0.000000693. The summed E-state index contributed by atoms with van der Waals surface area (Å²) in [5, 5.41) is 4.41. The maximum Gasteiger partial charge on any atom is 0.177 e. The van der Waals surface area contributed by atoms with Gasteiger partial charge in [-0.2, -0.15) is 10.5 Å². The Labute approximate surface area is 777 Å². The van der Waals surface area contributed by atoms with Gasteiger partial charge >= 0.3 is 0 Å². The molecule has 11 heterocycles. The van der Waals surface area contributed by atoms with Gasteiger partial charge in [-0.15, -0.1) is 24.6 Å². The van der Waals surface area contributed by atoms with Gasteiger partial charge in [0.25, 0.3) is 0 Å². The van der Waals surface area contributed by atoms with Gasteiger partial charge in [0.15, 0.2) is 5.78 Å². The Morgan fingerprint density at radius 2 is 0.841 bits per heavy atom. The molecule has 0 bridgehead atoms. The van der Waals surface area contributed by atoms with Gasteiger partial charge in [-0.3, -0.25) is 19.0 Å². The van der Waals surface area contributed by atoms with Crippen molar-refractivity contribution in [2.75, 3.05) is 18.8 Å². The fourth-order valence-electron chi connectivity index (χ4n) is 10.3. The highest BCUT2D eigenvalue weighted by Crippen LogP contribution is 2.36. The van der Waals surface area contributed by atoms with E-state index in [0.717, 1.165) is 115 Å². The van der Waals surface area contributed by atoms with Crippen LogP contribution in [0.5, 0.6) is 0 Å². The zero-order chi connectivity index (χ0) is 96.8. The molecule has 2 atom stereocenters. The van der Waals surface area contributed by atoms with Crippen molar-refractivity contribution < 1.29 is 9.00 Å². The lowest BCUT2D eigenvalue weighted by Crippen LogP contribution is -2.13. The van der Waals surface area contributed by atoms with Crippen LogP contribution < -0.4 is 0 Å². The number of para-hydroxylation sites is 2. The summed E-state index contributed by atoms with van der Waals surface area (Å²) in [6.07, 6.45) is 34.2. The lowest BCUT2D eigenvalue weighted by molar-refractivity contribution is 0.101. The number of hydrogen-bond donors (Lipinski definition) is 8. The molecule has 0 saturated carbocycles. The first-order valence-electron chi connectivity index (χ1n) is 42.3. The summed E-state index contributed by atoms with van der Waals surface area (Å²) in [6.45, 7) is 79.5. The number of aromatic nitrogens is 16. The maximum absolute atomic E-state index is 11.6. The number of allylic oxidation sites excluding steroid dienone is 6. The summed E-state index contributed by atoms with van der Waals surface area (Å²) in [5.74, 6) is 20.5. The van der Waals surface area contributed by atoms with Crippen LogP contribution in [0.15, 0.2) is 106 Å². The molecule has 126 heavy (non-hydrogen) atoms. The molecule has 0 aliphatic carbocycles. The SMILES string of the molecule is C.C#Cc1cnc(C(C)(C)C)[nH]1.C#Cc1nc(C(C)(C)C)[nH]c1C.C=S(C)(=O)C1=NC(C(C)(C)C)=CC1.C=S(C)C1=NC(C(C)(C)C)=CC1.CC(=O)c1cnc(C(C)(C)C)[nH]1.CC(C)(C)c1nc2ccccc2[nH]1.CC(C)(C)c1ncc(Cl)[nH]1.CSC1=NC(C(C)(C)C)=CC1.Cc1[nH]c(C(C)(C)C)nc1Cl.Cc1cnc(C(C)(C)C)[nH]1.Cc1cnc(C(C)(C)C)[nH]1. The van der Waals surface area contributed by atoms with E-state index < -0.39 is 9.52 Å². The number of aromatic amines is 8. The molecule has 12 rings (SSSR count). The minimum absolute atomic E-state index is 0. The number of aryl methyl sites for hydroxylation is 4. The zero-order valence-electron chi connectivity index (χ0n) is 83.8. The molecule has 0 amide bonds. The second kappa shape index (κ2) is 47.1. The smallest absolute Gasteiger partial charge is 0.177 e. The van der Waals surface area contributed by atoms with E-state index in [1.54, 1.807) is 36.6 Å². The molecule has 8 aromatic heterocycles. The molecule has 2 unspecified atom stereocenters. The molecule has 0 fully saturated rings. The van der Waals surface area contributed by atoms with Crippen molar-refractivity contribution in [2.45, 2.75) is 333 Å². The summed E-state index contributed by atoms with van der Waals surface area (Å²) >= 11 is 13.2. The van der Waals surface area contributed by atoms with Crippen molar-refractivity contribution in [3.63, 3.8) is 0 Å². The molecule has 3 aliphatic heterocycles. The number of ketones is 1. The average molecular weight is 1830 g/mol. The van der Waals surface area contributed by atoms with Crippen LogP contribution >= 0.6 is 45.4 Å². The molecule has 21 nitrogen and oxygen atoms in total. The summed E-state index contributed by atoms with van der Waals surface area (Å²) in [4.78, 5) is 83.3. The predicted octanol–water partition coefficient (Wildman–Crippen LogP) is 26.3. The Morgan fingerprint density at radius 3 is 1.10 bits per heavy atom. The van der Waals surface area contributed by atoms with E-state index >= 15 is 0 Å². The molecule has 0 saturated heterocycles. The van der Waals surface area contributed by atoms with Crippen LogP contribution in [0, 0.1) is 68.6 Å². The van der Waals surface area contributed by atoms with Gasteiger partial charge in [0, 0.05) is 148 Å².